The van der Waals surface area contributed by atoms with Crippen molar-refractivity contribution in [3.05, 3.63) is 244 Å². The number of carboxylic acid groups (broad SMARTS) is 4. The van der Waals surface area contributed by atoms with Crippen LogP contribution in [0.25, 0.3) is 40.9 Å². The number of nitrogens with zero attached hydrogens (tertiary/aromatic N) is 12. The second-order valence-corrected chi connectivity index (χ2v) is 43.6. The third-order valence-electron chi connectivity index (χ3n) is 28.6. The van der Waals surface area contributed by atoms with Gasteiger partial charge in [-0.15, -0.1) is 45.3 Å². The van der Waals surface area contributed by atoms with E-state index in [1.165, 1.54) is 99.0 Å². The van der Waals surface area contributed by atoms with E-state index in [-0.39, 0.29) is 81.8 Å². The average Bonchev–Trinajstić information content (AvgIpc) is 1.63. The molecule has 4 saturated carbocycles. The van der Waals surface area contributed by atoms with E-state index in [1.54, 1.807) is 49.0 Å². The van der Waals surface area contributed by atoms with Crippen LogP contribution in [0.2, 0.25) is 0 Å². The van der Waals surface area contributed by atoms with Gasteiger partial charge >= 0.3 is 46.6 Å². The largest absolute Gasteiger partial charge is 0.496 e. The predicted molar refractivity (Wildman–Crippen MR) is 562 cm³/mol. The summed E-state index contributed by atoms with van der Waals surface area (Å²) in [4.78, 5) is 160. The summed E-state index contributed by atoms with van der Waals surface area (Å²) in [6.07, 6.45) is 17.1. The van der Waals surface area contributed by atoms with Crippen molar-refractivity contribution in [2.45, 2.75) is 309 Å². The Labute approximate surface area is 872 Å². The molecule has 0 spiro atoms. The molecule has 0 saturated heterocycles. The van der Waals surface area contributed by atoms with Crippen LogP contribution in [0.4, 0.5) is 4.39 Å². The van der Waals surface area contributed by atoms with E-state index in [0.717, 1.165) is 204 Å². The van der Waals surface area contributed by atoms with E-state index in [1.807, 2.05) is 72.8 Å². The summed E-state index contributed by atoms with van der Waals surface area (Å²) in [7, 11) is 6.16. The molecule has 0 aliphatic heterocycles. The molecule has 8 aromatic heterocycles. The zero-order chi connectivity index (χ0) is 108. The molecular weight excluding hydrogens is 2000 g/mol. The fraction of sp³-hybridized carbons (Fsp3) is 0.481. The molecule has 4 aromatic carbocycles. The van der Waals surface area contributed by atoms with E-state index in [9.17, 15) is 103 Å². The molecule has 41 heteroatoms. The summed E-state index contributed by atoms with van der Waals surface area (Å²) in [6.45, 7) is 16.9. The Bertz CT molecular complexity index is 7280. The minimum Gasteiger partial charge on any atom is -0.496 e. The lowest BCUT2D eigenvalue weighted by molar-refractivity contribution is -0.146. The van der Waals surface area contributed by atoms with Gasteiger partial charge in [-0.1, -0.05) is 132 Å². The number of carboxylic acids is 4. The Hall–Kier alpha value is -13.8. The van der Waals surface area contributed by atoms with Crippen molar-refractivity contribution in [3.63, 3.8) is 0 Å². The number of aliphatic carboxylic acids is 4. The number of rotatable bonds is 32. The number of hydrogen-bond donors (Lipinski definition) is 4. The van der Waals surface area contributed by atoms with Gasteiger partial charge in [-0.3, -0.25) is 37.4 Å². The van der Waals surface area contributed by atoms with Gasteiger partial charge in [0, 0.05) is 22.3 Å². The Balaban J connectivity index is 0.000000166. The molecule has 0 bridgehead atoms. The highest BCUT2D eigenvalue weighted by atomic mass is 32.1. The molecule has 149 heavy (non-hydrogen) atoms. The maximum Gasteiger partial charge on any atom is 0.333 e. The highest BCUT2D eigenvalue weighted by Gasteiger charge is 2.43. The van der Waals surface area contributed by atoms with Crippen molar-refractivity contribution in [2.24, 2.45) is 0 Å². The summed E-state index contributed by atoms with van der Waals surface area (Å²) in [5, 5.41) is 78.7. The second-order valence-electron chi connectivity index (χ2n) is 39.6. The van der Waals surface area contributed by atoms with Gasteiger partial charge in [-0.25, -0.2) is 61.0 Å². The SMILES string of the molecule is COc1ccc(F)cc1C(Cn1c(=O)n(C(C)(C)C(=O)O)c(=O)c2c(C)c(C#N)sc21)OC1CCCCC1.COc1ccccc1C(Cn1c(=O)n(C(C)(C)C(=O)O)c(=O)c2c(C)c(C#N)sc21)OC1CCCCC1.COc1ccccc1[C@@H](Cn1c(=O)n(C(C)(C)C(=O)O)c(=O)c2c(C)c(C#N)sc21)OC1CCCCC1.COc1ccccc1[C@H](Cn1c(=O)n(C(C)(C)C(=O)O)c(=O)c2c(C)c(C#N)sc21)OC1CCCCC1. The van der Waals surface area contributed by atoms with Crippen molar-refractivity contribution in [1.82, 2.24) is 36.5 Å². The van der Waals surface area contributed by atoms with Gasteiger partial charge in [-0.05, 0) is 193 Å². The standard InChI is InChI=1S/C27H30FN3O6S.3C27H31N3O6S/c1-15-21(13-29)38-24-22(15)23(32)31(27(2,3)25(33)34)26(35)30(24)14-20(37-17-8-6-5-7-9-17)18-12-16(28)10-11-19(18)36-4;3*1-16-21(14-28)37-24-22(16)23(31)30(27(2,3)25(32)33)26(34)29(24)15-20(36-17-10-6-5-7-11-17)18-12-8-9-13-19(18)35-4/h10-12,17,20H,5-9,14H2,1-4H3,(H,33,34);3*8-9,12-13,17,20H,5-7,10-11,15H2,1-4H3,(H,32,33)/t;2*20-;/m.10./s1. The molecule has 4 aliphatic rings. The van der Waals surface area contributed by atoms with Crippen LogP contribution in [-0.2, 0) is 86.5 Å². The number of aromatic nitrogens is 8. The van der Waals surface area contributed by atoms with Gasteiger partial charge in [0.2, 0.25) is 0 Å². The lowest BCUT2D eigenvalue weighted by Gasteiger charge is -2.30. The quantitative estimate of drug-likeness (QED) is 0.0304. The molecule has 790 valence electrons. The van der Waals surface area contributed by atoms with E-state index < -0.39 is 121 Å². The van der Waals surface area contributed by atoms with Crippen LogP contribution >= 0.6 is 45.3 Å². The average molecular weight is 2120 g/mol. The number of nitriles is 4. The summed E-state index contributed by atoms with van der Waals surface area (Å²) < 4.78 is 71.4. The highest BCUT2D eigenvalue weighted by molar-refractivity contribution is 7.20. The van der Waals surface area contributed by atoms with Crippen LogP contribution < -0.4 is 63.9 Å². The minimum atomic E-state index is -1.87. The minimum absolute atomic E-state index is 0.00374. The van der Waals surface area contributed by atoms with Crippen molar-refractivity contribution < 1.29 is 81.9 Å². The van der Waals surface area contributed by atoms with Gasteiger partial charge in [0.05, 0.1) is 101 Å². The van der Waals surface area contributed by atoms with E-state index in [0.29, 0.717) is 84.5 Å². The van der Waals surface area contributed by atoms with Gasteiger partial charge < -0.3 is 58.3 Å². The number of aryl methyl sites for hydroxylation is 4. The van der Waals surface area contributed by atoms with Gasteiger partial charge in [-0.2, -0.15) is 21.0 Å². The molecule has 0 radical (unpaired) electrons. The number of thiophene rings is 4. The smallest absolute Gasteiger partial charge is 0.333 e. The van der Waals surface area contributed by atoms with E-state index in [4.69, 9.17) is 37.9 Å². The number of carbonyl (C=O) groups is 4. The molecule has 16 rings (SSSR count). The van der Waals surface area contributed by atoms with Crippen molar-refractivity contribution in [2.75, 3.05) is 28.4 Å². The van der Waals surface area contributed by atoms with Crippen molar-refractivity contribution >= 4 is 110 Å². The molecule has 4 fully saturated rings. The van der Waals surface area contributed by atoms with Gasteiger partial charge in [0.15, 0.2) is 0 Å². The van der Waals surface area contributed by atoms with E-state index >= 15 is 0 Å². The maximum absolute atomic E-state index is 14.4. The monoisotopic (exact) mass is 2120 g/mol. The predicted octanol–water partition coefficient (Wildman–Crippen LogP) is 17.4. The summed E-state index contributed by atoms with van der Waals surface area (Å²) in [5.74, 6) is -3.63. The topological polar surface area (TPSA) is 494 Å². The van der Waals surface area contributed by atoms with Crippen molar-refractivity contribution in [1.29, 1.82) is 21.0 Å². The molecular formula is C108H123FN12O24S4. The molecule has 36 nitrogen and oxygen atoms in total. The lowest BCUT2D eigenvalue weighted by atomic mass is 9.97. The third kappa shape index (κ3) is 22.9. The molecule has 2 unspecified atom stereocenters. The van der Waals surface area contributed by atoms with Crippen LogP contribution in [0.5, 0.6) is 23.0 Å². The first-order valence-electron chi connectivity index (χ1n) is 49.4. The number of ether oxygens (including phenoxy) is 8. The van der Waals surface area contributed by atoms with Crippen LogP contribution in [0.1, 0.15) is 272 Å². The third-order valence-corrected chi connectivity index (χ3v) is 33.5. The van der Waals surface area contributed by atoms with Crippen molar-refractivity contribution in [3.8, 4) is 47.3 Å². The number of hydrogen-bond acceptors (Lipinski definition) is 28. The Kier molecular flexibility index (Phi) is 35.8. The van der Waals surface area contributed by atoms with Gasteiger partial charge in [0.25, 0.3) is 22.2 Å². The molecule has 8 heterocycles. The van der Waals surface area contributed by atoms with Crippen LogP contribution in [-0.4, -0.2) is 134 Å². The summed E-state index contributed by atoms with van der Waals surface area (Å²) >= 11 is 4.15. The number of benzene rings is 4. The van der Waals surface area contributed by atoms with Crippen LogP contribution in [0.15, 0.2) is 129 Å². The maximum atomic E-state index is 14.4. The second kappa shape index (κ2) is 47.4. The number of methoxy groups -OCH3 is 4. The number of fused-ring (bicyclic) bond motifs is 4. The Morgan fingerprint density at radius 2 is 0.537 bits per heavy atom. The fourth-order valence-electron chi connectivity index (χ4n) is 19.8. The van der Waals surface area contributed by atoms with E-state index in [2.05, 4.69) is 24.3 Å². The first-order valence-corrected chi connectivity index (χ1v) is 52.7. The zero-order valence-electron chi connectivity index (χ0n) is 86.1. The highest BCUT2D eigenvalue weighted by Crippen LogP contribution is 2.43. The van der Waals surface area contributed by atoms with Crippen LogP contribution in [0, 0.1) is 78.8 Å². The molecule has 4 atom stereocenters. The normalized spacial score (nSPS) is 15.4. The first-order chi connectivity index (χ1) is 70.8. The van der Waals surface area contributed by atoms with Crippen LogP contribution in [0.3, 0.4) is 0 Å². The summed E-state index contributed by atoms with van der Waals surface area (Å²) in [6, 6.07) is 34.6. The molecule has 4 N–H and O–H groups in total. The Morgan fingerprint density at radius 3 is 0.738 bits per heavy atom. The molecule has 4 aliphatic carbocycles. The lowest BCUT2D eigenvalue weighted by Crippen LogP contribution is -2.52. The van der Waals surface area contributed by atoms with Gasteiger partial charge in [0.1, 0.15) is 138 Å². The number of para-hydroxylation sites is 3. The Morgan fingerprint density at radius 1 is 0.336 bits per heavy atom. The zero-order valence-corrected chi connectivity index (χ0v) is 89.3. The first kappa shape index (κ1) is 112. The fourth-order valence-corrected chi connectivity index (χ4v) is 24.2. The summed E-state index contributed by atoms with van der Waals surface area (Å²) in [5.41, 5.74) is -9.09. The number of halogens is 1. The molecule has 0 amide bonds. The molecule has 12 aromatic rings.